The summed E-state index contributed by atoms with van der Waals surface area (Å²) in [4.78, 5) is 18.6. The van der Waals surface area contributed by atoms with Gasteiger partial charge in [0.2, 0.25) is 0 Å². The van der Waals surface area contributed by atoms with Crippen LogP contribution in [-0.4, -0.2) is 39.9 Å². The molecule has 134 valence electrons. The molecule has 7 nitrogen and oxygen atoms in total. The average Bonchev–Trinajstić information content (AvgIpc) is 3.18. The van der Waals surface area contributed by atoms with E-state index in [2.05, 4.69) is 15.4 Å². The van der Waals surface area contributed by atoms with Gasteiger partial charge < -0.3 is 10.5 Å². The first-order chi connectivity index (χ1) is 12.1. The van der Waals surface area contributed by atoms with E-state index in [1.54, 1.807) is 0 Å². The summed E-state index contributed by atoms with van der Waals surface area (Å²) in [6.07, 6.45) is 4.46. The predicted molar refractivity (Wildman–Crippen MR) is 96.1 cm³/mol. The zero-order valence-electron chi connectivity index (χ0n) is 14.3. The summed E-state index contributed by atoms with van der Waals surface area (Å²) < 4.78 is 7.28. The summed E-state index contributed by atoms with van der Waals surface area (Å²) in [6.45, 7) is 3.34. The van der Waals surface area contributed by atoms with E-state index in [4.69, 9.17) is 10.5 Å². The van der Waals surface area contributed by atoms with Crippen molar-refractivity contribution in [2.45, 2.75) is 51.1 Å². The number of rotatable bonds is 3. The Bertz CT molecular complexity index is 778. The second-order valence-corrected chi connectivity index (χ2v) is 7.89. The number of hydrogen-bond donors (Lipinski definition) is 2. The van der Waals surface area contributed by atoms with Crippen molar-refractivity contribution in [1.82, 2.24) is 14.8 Å². The molecule has 3 N–H and O–H groups in total. The van der Waals surface area contributed by atoms with Crippen LogP contribution >= 0.6 is 11.3 Å². The van der Waals surface area contributed by atoms with Gasteiger partial charge in [0, 0.05) is 24.1 Å². The number of hydrogen-bond acceptors (Lipinski definition) is 6. The molecule has 0 aromatic carbocycles. The third kappa shape index (κ3) is 3.47. The molecular formula is C17H23N5O2S. The van der Waals surface area contributed by atoms with Crippen molar-refractivity contribution in [2.24, 2.45) is 5.73 Å². The molecule has 25 heavy (non-hydrogen) atoms. The smallest absolute Gasteiger partial charge is 0.275 e. The van der Waals surface area contributed by atoms with Crippen molar-refractivity contribution in [2.75, 3.05) is 18.5 Å². The minimum absolute atomic E-state index is 0.150. The molecule has 3 heterocycles. The van der Waals surface area contributed by atoms with Gasteiger partial charge in [-0.1, -0.05) is 0 Å². The molecular weight excluding hydrogens is 338 g/mol. The third-order valence-electron chi connectivity index (χ3n) is 4.83. The van der Waals surface area contributed by atoms with Gasteiger partial charge in [-0.2, -0.15) is 5.10 Å². The first-order valence-corrected chi connectivity index (χ1v) is 9.61. The second-order valence-electron chi connectivity index (χ2n) is 6.80. The third-order valence-corrected chi connectivity index (χ3v) is 5.86. The van der Waals surface area contributed by atoms with E-state index in [1.165, 1.54) is 16.2 Å². The number of amides is 1. The summed E-state index contributed by atoms with van der Waals surface area (Å²) in [5.41, 5.74) is 8.55. The monoisotopic (exact) mass is 361 g/mol. The van der Waals surface area contributed by atoms with Gasteiger partial charge in [0.15, 0.2) is 5.13 Å². The molecule has 0 unspecified atom stereocenters. The summed E-state index contributed by atoms with van der Waals surface area (Å²) in [5.74, 6) is -0.150. The molecule has 0 radical (unpaired) electrons. The van der Waals surface area contributed by atoms with Crippen molar-refractivity contribution < 1.29 is 9.53 Å². The van der Waals surface area contributed by atoms with Crippen LogP contribution < -0.4 is 11.1 Å². The summed E-state index contributed by atoms with van der Waals surface area (Å²) in [7, 11) is 0. The summed E-state index contributed by atoms with van der Waals surface area (Å²) in [5, 5.41) is 8.15. The molecule has 4 rings (SSSR count). The lowest BCUT2D eigenvalue weighted by atomic mass is 9.99. The molecule has 1 fully saturated rings. The van der Waals surface area contributed by atoms with Crippen LogP contribution in [0.15, 0.2) is 6.07 Å². The van der Waals surface area contributed by atoms with E-state index in [1.807, 2.05) is 17.7 Å². The van der Waals surface area contributed by atoms with Crippen molar-refractivity contribution in [1.29, 1.82) is 0 Å². The van der Waals surface area contributed by atoms with E-state index in [9.17, 15) is 4.79 Å². The van der Waals surface area contributed by atoms with Crippen LogP contribution in [0.5, 0.6) is 0 Å². The van der Waals surface area contributed by atoms with E-state index in [0.29, 0.717) is 24.0 Å². The molecule has 1 amide bonds. The number of nitrogens with zero attached hydrogens (tertiary/aromatic N) is 3. The Labute approximate surface area is 150 Å². The van der Waals surface area contributed by atoms with Crippen LogP contribution in [-0.2, 0) is 17.6 Å². The molecule has 1 aliphatic carbocycles. The highest BCUT2D eigenvalue weighted by Gasteiger charge is 2.25. The fourth-order valence-corrected chi connectivity index (χ4v) is 4.61. The lowest BCUT2D eigenvalue weighted by Crippen LogP contribution is -2.27. The van der Waals surface area contributed by atoms with Crippen LogP contribution in [0.4, 0.5) is 5.13 Å². The minimum Gasteiger partial charge on any atom is -0.381 e. The first kappa shape index (κ1) is 16.7. The van der Waals surface area contributed by atoms with Crippen LogP contribution in [0, 0.1) is 6.92 Å². The molecule has 1 saturated heterocycles. The first-order valence-electron chi connectivity index (χ1n) is 8.79. The number of thiazole rings is 1. The standard InChI is InChI=1S/C17H23N5O2S/c1-10-8-14(22(21-10)12-4-6-24-7-5-12)16(23)20-17-19-13-3-2-11(18)9-15(13)25-17/h8,11-12H,2-7,9,18H2,1H3,(H,19,20,23)/t11-/m0/s1. The maximum absolute atomic E-state index is 12.8. The van der Waals surface area contributed by atoms with Crippen molar-refractivity contribution in [3.05, 3.63) is 28.0 Å². The zero-order chi connectivity index (χ0) is 17.4. The molecule has 0 bridgehead atoms. The number of aryl methyl sites for hydroxylation is 2. The molecule has 2 aromatic heterocycles. The van der Waals surface area contributed by atoms with Crippen LogP contribution in [0.3, 0.4) is 0 Å². The molecule has 1 aliphatic heterocycles. The Hall–Kier alpha value is -1.77. The number of carbonyl (C=O) groups is 1. The fourth-order valence-electron chi connectivity index (χ4n) is 3.51. The molecule has 0 saturated carbocycles. The van der Waals surface area contributed by atoms with Gasteiger partial charge in [-0.25, -0.2) is 4.98 Å². The van der Waals surface area contributed by atoms with E-state index < -0.39 is 0 Å². The molecule has 1 atom stereocenters. The highest BCUT2D eigenvalue weighted by Crippen LogP contribution is 2.30. The average molecular weight is 361 g/mol. The van der Waals surface area contributed by atoms with Crippen LogP contribution in [0.25, 0.3) is 0 Å². The Morgan fingerprint density at radius 1 is 1.40 bits per heavy atom. The summed E-state index contributed by atoms with van der Waals surface area (Å²) >= 11 is 1.54. The molecule has 2 aliphatic rings. The predicted octanol–water partition coefficient (Wildman–Crippen LogP) is 2.07. The zero-order valence-corrected chi connectivity index (χ0v) is 15.1. The lowest BCUT2D eigenvalue weighted by Gasteiger charge is -2.23. The number of aromatic nitrogens is 3. The van der Waals surface area contributed by atoms with Gasteiger partial charge >= 0.3 is 0 Å². The van der Waals surface area contributed by atoms with Crippen molar-refractivity contribution in [3.8, 4) is 0 Å². The lowest BCUT2D eigenvalue weighted by molar-refractivity contribution is 0.0646. The summed E-state index contributed by atoms with van der Waals surface area (Å²) in [6, 6.07) is 2.26. The number of anilines is 1. The van der Waals surface area contributed by atoms with E-state index in [-0.39, 0.29) is 18.0 Å². The second kappa shape index (κ2) is 6.86. The Morgan fingerprint density at radius 2 is 2.20 bits per heavy atom. The molecule has 8 heteroatoms. The van der Waals surface area contributed by atoms with Gasteiger partial charge in [-0.3, -0.25) is 14.8 Å². The maximum atomic E-state index is 12.8. The molecule has 2 aromatic rings. The van der Waals surface area contributed by atoms with Crippen LogP contribution in [0.1, 0.15) is 52.1 Å². The number of nitrogens with one attached hydrogen (secondary N) is 1. The topological polar surface area (TPSA) is 95.1 Å². The number of ether oxygens (including phenoxy) is 1. The normalized spacial score (nSPS) is 21.1. The fraction of sp³-hybridized carbons (Fsp3) is 0.588. The highest BCUT2D eigenvalue weighted by atomic mass is 32.1. The Morgan fingerprint density at radius 3 is 3.00 bits per heavy atom. The van der Waals surface area contributed by atoms with Gasteiger partial charge in [-0.15, -0.1) is 11.3 Å². The number of carbonyl (C=O) groups excluding carboxylic acids is 1. The van der Waals surface area contributed by atoms with E-state index in [0.717, 1.165) is 43.5 Å². The van der Waals surface area contributed by atoms with Crippen molar-refractivity contribution >= 4 is 22.4 Å². The van der Waals surface area contributed by atoms with Gasteiger partial charge in [0.1, 0.15) is 5.69 Å². The quantitative estimate of drug-likeness (QED) is 0.873. The Kier molecular flexibility index (Phi) is 4.58. The van der Waals surface area contributed by atoms with E-state index >= 15 is 0 Å². The number of fused-ring (bicyclic) bond motifs is 1. The van der Waals surface area contributed by atoms with Crippen LogP contribution in [0.2, 0.25) is 0 Å². The SMILES string of the molecule is Cc1cc(C(=O)Nc2nc3c(s2)C[C@@H](N)CC3)n(C2CCOCC2)n1. The molecule has 0 spiro atoms. The largest absolute Gasteiger partial charge is 0.381 e. The Balaban J connectivity index is 1.53. The highest BCUT2D eigenvalue weighted by molar-refractivity contribution is 7.15. The van der Waals surface area contributed by atoms with Crippen molar-refractivity contribution in [3.63, 3.8) is 0 Å². The van der Waals surface area contributed by atoms with Gasteiger partial charge in [-0.05, 0) is 45.1 Å². The minimum atomic E-state index is -0.150. The van der Waals surface area contributed by atoms with Gasteiger partial charge in [0.05, 0.1) is 17.4 Å². The van der Waals surface area contributed by atoms with Gasteiger partial charge in [0.25, 0.3) is 5.91 Å². The maximum Gasteiger partial charge on any atom is 0.275 e. The number of nitrogens with two attached hydrogens (primary N) is 1.